The molecule has 0 aliphatic carbocycles. The molecule has 0 radical (unpaired) electrons. The van der Waals surface area contributed by atoms with Crippen LogP contribution < -0.4 is 15.6 Å². The van der Waals surface area contributed by atoms with Gasteiger partial charge >= 0.3 is 0 Å². The molecule has 0 spiro atoms. The summed E-state index contributed by atoms with van der Waals surface area (Å²) in [5.74, 6) is 0.829. The number of pyridine rings is 1. The second kappa shape index (κ2) is 9.16. The lowest BCUT2D eigenvalue weighted by Gasteiger charge is -2.24. The first kappa shape index (κ1) is 23.3. The Morgan fingerprint density at radius 3 is 2.65 bits per heavy atom. The molecule has 0 saturated heterocycles. The Morgan fingerprint density at radius 2 is 2.00 bits per heavy atom. The van der Waals surface area contributed by atoms with E-state index in [1.54, 1.807) is 29.9 Å². The quantitative estimate of drug-likeness (QED) is 0.461. The molecular weight excluding hydrogens is 431 g/mol. The molecule has 4 heterocycles. The number of carbonyl (C=O) groups excluding carboxylic acids is 1. The second-order valence-corrected chi connectivity index (χ2v) is 9.02. The average Bonchev–Trinajstić information content (AvgIpc) is 3.21. The summed E-state index contributed by atoms with van der Waals surface area (Å²) in [4.78, 5) is 38.5. The van der Waals surface area contributed by atoms with E-state index in [-0.39, 0.29) is 11.7 Å². The zero-order valence-electron chi connectivity index (χ0n) is 19.8. The number of aryl methyl sites for hydroxylation is 2. The van der Waals surface area contributed by atoms with E-state index in [1.165, 1.54) is 17.0 Å². The second-order valence-electron chi connectivity index (χ2n) is 9.02. The summed E-state index contributed by atoms with van der Waals surface area (Å²) in [7, 11) is 7.51. The molecule has 0 saturated carbocycles. The van der Waals surface area contributed by atoms with Gasteiger partial charge in [-0.3, -0.25) is 19.3 Å². The highest BCUT2D eigenvalue weighted by atomic mass is 16.5. The standard InChI is InChI=1S/C21H24B3N7O3/c1-12-26-10-16(20(33)31(12)21(22,23)24)19(32)29-18-4-3-15(9-27-18)34-14-5-6-25-17(7-14)13-8-28-30(2)11-13/h3-4,6-11,14H,5,22-24H2,1-2H3,(H,27,29,32). The van der Waals surface area contributed by atoms with Gasteiger partial charge in [0, 0.05) is 37.6 Å². The van der Waals surface area contributed by atoms with Crippen LogP contribution in [-0.4, -0.2) is 66.1 Å². The predicted octanol–water partition coefficient (Wildman–Crippen LogP) is -1.34. The molecule has 3 aromatic heterocycles. The lowest BCUT2D eigenvalue weighted by Crippen LogP contribution is -2.46. The molecule has 1 aliphatic heterocycles. The lowest BCUT2D eigenvalue weighted by atomic mass is 9.49. The monoisotopic (exact) mass is 455 g/mol. The summed E-state index contributed by atoms with van der Waals surface area (Å²) >= 11 is 0. The Balaban J connectivity index is 1.45. The molecule has 34 heavy (non-hydrogen) atoms. The molecule has 13 heteroatoms. The van der Waals surface area contributed by atoms with Gasteiger partial charge in [0.2, 0.25) is 0 Å². The Hall–Kier alpha value is -3.89. The number of hydrogen-bond acceptors (Lipinski definition) is 7. The van der Waals surface area contributed by atoms with E-state index in [4.69, 9.17) is 4.74 Å². The van der Waals surface area contributed by atoms with E-state index in [0.717, 1.165) is 11.3 Å². The summed E-state index contributed by atoms with van der Waals surface area (Å²) in [6.07, 6.45) is 10.7. The molecule has 3 aromatic rings. The maximum Gasteiger partial charge on any atom is 0.264 e. The van der Waals surface area contributed by atoms with Crippen molar-refractivity contribution in [1.82, 2.24) is 24.3 Å². The SMILES string of the molecule is BC(B)(B)n1c(C)ncc(C(=O)Nc2ccc(OC3C=C(c4cnn(C)c4)N=CC3)cn2)c1=O. The third kappa shape index (κ3) is 5.03. The van der Waals surface area contributed by atoms with Crippen molar-refractivity contribution in [2.45, 2.75) is 24.7 Å². The largest absolute Gasteiger partial charge is 0.484 e. The molecule has 10 nitrogen and oxygen atoms in total. The number of nitrogens with zero attached hydrogens (tertiary/aromatic N) is 6. The van der Waals surface area contributed by atoms with Crippen LogP contribution in [-0.2, 0) is 12.3 Å². The van der Waals surface area contributed by atoms with Crippen LogP contribution in [0.15, 0.2) is 52.8 Å². The summed E-state index contributed by atoms with van der Waals surface area (Å²) in [6, 6.07) is 3.34. The van der Waals surface area contributed by atoms with Crippen molar-refractivity contribution in [3.05, 3.63) is 70.3 Å². The van der Waals surface area contributed by atoms with Crippen molar-refractivity contribution in [2.24, 2.45) is 12.0 Å². The number of nitrogens with one attached hydrogen (secondary N) is 1. The van der Waals surface area contributed by atoms with Gasteiger partial charge in [-0.1, -0.05) is 0 Å². The Bertz CT molecular complexity index is 1340. The highest BCUT2D eigenvalue weighted by Crippen LogP contribution is 2.23. The number of rotatable bonds is 6. The fraction of sp³-hybridized carbons (Fsp3) is 0.238. The summed E-state index contributed by atoms with van der Waals surface area (Å²) < 4.78 is 9.24. The third-order valence-electron chi connectivity index (χ3n) is 5.23. The molecule has 1 aliphatic rings. The van der Waals surface area contributed by atoms with Crippen molar-refractivity contribution < 1.29 is 9.53 Å². The number of anilines is 1. The smallest absolute Gasteiger partial charge is 0.264 e. The lowest BCUT2D eigenvalue weighted by molar-refractivity contribution is 0.102. The highest BCUT2D eigenvalue weighted by molar-refractivity contribution is 6.56. The summed E-state index contributed by atoms with van der Waals surface area (Å²) in [6.45, 7) is 1.74. The number of aromatic nitrogens is 5. The van der Waals surface area contributed by atoms with Gasteiger partial charge < -0.3 is 14.6 Å². The number of carbonyl (C=O) groups is 1. The van der Waals surface area contributed by atoms with Crippen LogP contribution in [0.4, 0.5) is 5.82 Å². The molecule has 0 aromatic carbocycles. The fourth-order valence-corrected chi connectivity index (χ4v) is 3.72. The maximum atomic E-state index is 12.9. The average molecular weight is 455 g/mol. The Kier molecular flexibility index (Phi) is 6.27. The van der Waals surface area contributed by atoms with Crippen LogP contribution in [0.1, 0.15) is 28.2 Å². The van der Waals surface area contributed by atoms with E-state index in [1.807, 2.05) is 49.1 Å². The van der Waals surface area contributed by atoms with E-state index >= 15 is 0 Å². The summed E-state index contributed by atoms with van der Waals surface area (Å²) in [5, 5.41) is 6.33. The van der Waals surface area contributed by atoms with E-state index in [2.05, 4.69) is 25.4 Å². The van der Waals surface area contributed by atoms with Crippen LogP contribution in [0, 0.1) is 6.92 Å². The van der Waals surface area contributed by atoms with Crippen molar-refractivity contribution in [1.29, 1.82) is 0 Å². The first-order valence-electron chi connectivity index (χ1n) is 10.9. The van der Waals surface area contributed by atoms with E-state index in [9.17, 15) is 9.59 Å². The Morgan fingerprint density at radius 1 is 1.21 bits per heavy atom. The number of ether oxygens (including phenoxy) is 1. The van der Waals surface area contributed by atoms with Crippen LogP contribution >= 0.6 is 0 Å². The minimum absolute atomic E-state index is 0.0442. The zero-order chi connectivity index (χ0) is 24.5. The van der Waals surface area contributed by atoms with Crippen LogP contribution in [0.5, 0.6) is 5.75 Å². The van der Waals surface area contributed by atoms with Crippen molar-refractivity contribution >= 4 is 47.2 Å². The van der Waals surface area contributed by atoms with E-state index < -0.39 is 16.7 Å². The number of aliphatic imine (C=N–C) groups is 1. The zero-order valence-corrected chi connectivity index (χ0v) is 19.8. The number of hydrogen-bond donors (Lipinski definition) is 1. The van der Waals surface area contributed by atoms with Gasteiger partial charge in [-0.2, -0.15) is 5.10 Å². The van der Waals surface area contributed by atoms with Gasteiger partial charge in [0.05, 0.1) is 18.1 Å². The molecule has 1 atom stereocenters. The van der Waals surface area contributed by atoms with Gasteiger partial charge in [0.1, 0.15) is 52.6 Å². The molecule has 4 rings (SSSR count). The minimum Gasteiger partial charge on any atom is -0.484 e. The van der Waals surface area contributed by atoms with Gasteiger partial charge in [-0.05, 0) is 30.4 Å². The maximum absolute atomic E-state index is 12.9. The van der Waals surface area contributed by atoms with Crippen molar-refractivity contribution in [2.75, 3.05) is 5.32 Å². The topological polar surface area (TPSA) is 116 Å². The first-order valence-corrected chi connectivity index (χ1v) is 10.9. The minimum atomic E-state index is -0.566. The third-order valence-corrected chi connectivity index (χ3v) is 5.23. The van der Waals surface area contributed by atoms with Crippen LogP contribution in [0.2, 0.25) is 0 Å². The van der Waals surface area contributed by atoms with Crippen LogP contribution in [0.3, 0.4) is 0 Å². The number of amides is 1. The molecule has 0 bridgehead atoms. The summed E-state index contributed by atoms with van der Waals surface area (Å²) in [5.41, 5.74) is 1.28. The molecule has 0 fully saturated rings. The Labute approximate surface area is 199 Å². The molecule has 1 unspecified atom stereocenters. The van der Waals surface area contributed by atoms with Crippen molar-refractivity contribution in [3.8, 4) is 5.75 Å². The van der Waals surface area contributed by atoms with Gasteiger partial charge in [-0.25, -0.2) is 9.97 Å². The van der Waals surface area contributed by atoms with E-state index in [0.29, 0.717) is 23.8 Å². The van der Waals surface area contributed by atoms with Gasteiger partial charge in [0.15, 0.2) is 0 Å². The molecular formula is C21H24B3N7O3. The van der Waals surface area contributed by atoms with Gasteiger partial charge in [0.25, 0.3) is 11.5 Å². The fourth-order valence-electron chi connectivity index (χ4n) is 3.72. The molecule has 1 N–H and O–H groups in total. The van der Waals surface area contributed by atoms with Crippen molar-refractivity contribution in [3.63, 3.8) is 0 Å². The molecule has 1 amide bonds. The predicted molar refractivity (Wildman–Crippen MR) is 138 cm³/mol. The first-order chi connectivity index (χ1) is 16.1. The molecule has 170 valence electrons. The van der Waals surface area contributed by atoms with Crippen LogP contribution in [0.25, 0.3) is 5.70 Å². The highest BCUT2D eigenvalue weighted by Gasteiger charge is 2.22. The normalized spacial score (nSPS) is 15.6. The van der Waals surface area contributed by atoms with Gasteiger partial charge in [-0.15, -0.1) is 0 Å².